The number of nitrogens with zero attached hydrogens (tertiary/aromatic N) is 5. The average molecular weight is 428 g/mol. The van der Waals surface area contributed by atoms with Crippen molar-refractivity contribution >= 4 is 17.2 Å². The molecule has 0 saturated carbocycles. The predicted octanol–water partition coefficient (Wildman–Crippen LogP) is 4.38. The lowest BCUT2D eigenvalue weighted by Gasteiger charge is -2.09. The van der Waals surface area contributed by atoms with E-state index in [0.29, 0.717) is 28.9 Å². The van der Waals surface area contributed by atoms with Crippen LogP contribution in [0.25, 0.3) is 28.3 Å². The number of amides is 1. The summed E-state index contributed by atoms with van der Waals surface area (Å²) in [7, 11) is 0. The van der Waals surface area contributed by atoms with Crippen molar-refractivity contribution in [1.82, 2.24) is 24.8 Å². The topological polar surface area (TPSA) is 85.1 Å². The molecular formula is C23H14F2N6O. The molecule has 0 saturated heterocycles. The van der Waals surface area contributed by atoms with Gasteiger partial charge in [0.05, 0.1) is 11.3 Å². The predicted molar refractivity (Wildman–Crippen MR) is 114 cm³/mol. The van der Waals surface area contributed by atoms with Crippen LogP contribution >= 0.6 is 0 Å². The van der Waals surface area contributed by atoms with E-state index in [9.17, 15) is 13.6 Å². The van der Waals surface area contributed by atoms with Gasteiger partial charge in [0.2, 0.25) is 0 Å². The van der Waals surface area contributed by atoms with Crippen molar-refractivity contribution in [3.63, 3.8) is 0 Å². The number of fused-ring (bicyclic) bond motifs is 1. The summed E-state index contributed by atoms with van der Waals surface area (Å²) in [6.07, 6.45) is 3.35. The van der Waals surface area contributed by atoms with Crippen molar-refractivity contribution in [3.8, 4) is 22.6 Å². The third kappa shape index (κ3) is 3.67. The van der Waals surface area contributed by atoms with Gasteiger partial charge in [0.25, 0.3) is 5.91 Å². The zero-order valence-electron chi connectivity index (χ0n) is 16.4. The minimum Gasteiger partial charge on any atom is -0.322 e. The monoisotopic (exact) mass is 428 g/mol. The molecule has 2 aromatic carbocycles. The summed E-state index contributed by atoms with van der Waals surface area (Å²) in [6.45, 7) is 0. The summed E-state index contributed by atoms with van der Waals surface area (Å²) in [5.41, 5.74) is 2.87. The van der Waals surface area contributed by atoms with E-state index >= 15 is 0 Å². The standard InChI is InChI=1S/C23H14F2N6O/c24-16-6-7-18(19(25)12-16)23(32)27-17-5-1-3-14(11-17)20-8-9-21-28-29-22(31(21)30-20)15-4-2-10-26-13-15/h1-13H,(H,27,32). The van der Waals surface area contributed by atoms with Crippen LogP contribution in [0.15, 0.2) is 79.1 Å². The Kier molecular flexibility index (Phi) is 4.83. The summed E-state index contributed by atoms with van der Waals surface area (Å²) in [5, 5.41) is 15.6. The highest BCUT2D eigenvalue weighted by molar-refractivity contribution is 6.04. The van der Waals surface area contributed by atoms with Crippen LogP contribution in [0.2, 0.25) is 0 Å². The highest BCUT2D eigenvalue weighted by Gasteiger charge is 2.14. The number of aromatic nitrogens is 5. The molecule has 5 rings (SSSR count). The molecule has 3 heterocycles. The van der Waals surface area contributed by atoms with Crippen LogP contribution < -0.4 is 5.32 Å². The number of rotatable bonds is 4. The van der Waals surface area contributed by atoms with Crippen LogP contribution in [0.4, 0.5) is 14.5 Å². The fourth-order valence-electron chi connectivity index (χ4n) is 3.25. The lowest BCUT2D eigenvalue weighted by Crippen LogP contribution is -2.14. The maximum Gasteiger partial charge on any atom is 0.258 e. The Morgan fingerprint density at radius 2 is 1.78 bits per heavy atom. The lowest BCUT2D eigenvalue weighted by atomic mass is 10.1. The van der Waals surface area contributed by atoms with Crippen LogP contribution in [-0.2, 0) is 0 Å². The summed E-state index contributed by atoms with van der Waals surface area (Å²) in [6, 6.07) is 17.0. The molecule has 0 atom stereocenters. The first kappa shape index (κ1) is 19.4. The second-order valence-corrected chi connectivity index (χ2v) is 6.91. The Hall–Kier alpha value is -4.53. The molecule has 1 amide bonds. The molecule has 0 aliphatic heterocycles. The molecule has 32 heavy (non-hydrogen) atoms. The summed E-state index contributed by atoms with van der Waals surface area (Å²) in [4.78, 5) is 16.5. The van der Waals surface area contributed by atoms with E-state index in [1.54, 1.807) is 53.3 Å². The van der Waals surface area contributed by atoms with E-state index in [0.717, 1.165) is 23.3 Å². The average Bonchev–Trinajstić information content (AvgIpc) is 3.23. The molecule has 0 fully saturated rings. The smallest absolute Gasteiger partial charge is 0.258 e. The van der Waals surface area contributed by atoms with Crippen LogP contribution in [0.3, 0.4) is 0 Å². The minimum absolute atomic E-state index is 0.248. The van der Waals surface area contributed by atoms with Gasteiger partial charge in [-0.15, -0.1) is 10.2 Å². The van der Waals surface area contributed by atoms with Gasteiger partial charge in [0.1, 0.15) is 11.6 Å². The Morgan fingerprint density at radius 3 is 2.59 bits per heavy atom. The van der Waals surface area contributed by atoms with Gasteiger partial charge in [-0.3, -0.25) is 9.78 Å². The van der Waals surface area contributed by atoms with E-state index < -0.39 is 17.5 Å². The number of nitrogens with one attached hydrogen (secondary N) is 1. The van der Waals surface area contributed by atoms with Crippen molar-refractivity contribution in [2.24, 2.45) is 0 Å². The van der Waals surface area contributed by atoms with Crippen LogP contribution in [0, 0.1) is 11.6 Å². The molecule has 0 unspecified atom stereocenters. The van der Waals surface area contributed by atoms with Gasteiger partial charge in [-0.25, -0.2) is 8.78 Å². The van der Waals surface area contributed by atoms with E-state index in [4.69, 9.17) is 0 Å². The molecule has 0 radical (unpaired) electrons. The third-order valence-corrected chi connectivity index (χ3v) is 4.77. The van der Waals surface area contributed by atoms with Crippen LogP contribution in [0.5, 0.6) is 0 Å². The molecule has 7 nitrogen and oxygen atoms in total. The van der Waals surface area contributed by atoms with E-state index in [1.165, 1.54) is 0 Å². The molecule has 0 bridgehead atoms. The first-order valence-electron chi connectivity index (χ1n) is 9.58. The number of hydrogen-bond acceptors (Lipinski definition) is 5. The van der Waals surface area contributed by atoms with Gasteiger partial charge in [0, 0.05) is 35.3 Å². The van der Waals surface area contributed by atoms with E-state index in [2.05, 4.69) is 25.6 Å². The summed E-state index contributed by atoms with van der Waals surface area (Å²) >= 11 is 0. The van der Waals surface area contributed by atoms with Gasteiger partial charge in [-0.05, 0) is 48.5 Å². The fourth-order valence-corrected chi connectivity index (χ4v) is 3.25. The largest absolute Gasteiger partial charge is 0.322 e. The van der Waals surface area contributed by atoms with Crippen LogP contribution in [0.1, 0.15) is 10.4 Å². The first-order chi connectivity index (χ1) is 15.6. The van der Waals surface area contributed by atoms with Crippen molar-refractivity contribution in [1.29, 1.82) is 0 Å². The van der Waals surface area contributed by atoms with E-state index in [-0.39, 0.29) is 5.56 Å². The summed E-state index contributed by atoms with van der Waals surface area (Å²) < 4.78 is 28.6. The van der Waals surface area contributed by atoms with Gasteiger partial charge in [-0.2, -0.15) is 9.61 Å². The SMILES string of the molecule is O=C(Nc1cccc(-c2ccc3nnc(-c4cccnc4)n3n2)c1)c1ccc(F)cc1F. The Labute approximate surface area is 180 Å². The molecule has 0 aliphatic carbocycles. The first-order valence-corrected chi connectivity index (χ1v) is 9.58. The number of carbonyl (C=O) groups is 1. The normalized spacial score (nSPS) is 10.9. The number of carbonyl (C=O) groups excluding carboxylic acids is 1. The van der Waals surface area contributed by atoms with Gasteiger partial charge in [-0.1, -0.05) is 12.1 Å². The highest BCUT2D eigenvalue weighted by Crippen LogP contribution is 2.24. The molecule has 1 N–H and O–H groups in total. The number of anilines is 1. The number of benzene rings is 2. The second-order valence-electron chi connectivity index (χ2n) is 6.91. The third-order valence-electron chi connectivity index (χ3n) is 4.77. The number of hydrogen-bond donors (Lipinski definition) is 1. The molecular weight excluding hydrogens is 414 g/mol. The zero-order chi connectivity index (χ0) is 22.1. The summed E-state index contributed by atoms with van der Waals surface area (Å²) in [5.74, 6) is -1.81. The quantitative estimate of drug-likeness (QED) is 0.459. The van der Waals surface area contributed by atoms with Gasteiger partial charge < -0.3 is 5.32 Å². The Bertz CT molecular complexity index is 1450. The number of pyridine rings is 1. The maximum absolute atomic E-state index is 13.9. The highest BCUT2D eigenvalue weighted by atomic mass is 19.1. The molecule has 3 aromatic heterocycles. The second kappa shape index (κ2) is 7.95. The molecule has 0 aliphatic rings. The van der Waals surface area contributed by atoms with Crippen molar-refractivity contribution in [2.45, 2.75) is 0 Å². The molecule has 9 heteroatoms. The zero-order valence-corrected chi connectivity index (χ0v) is 16.4. The fraction of sp³-hybridized carbons (Fsp3) is 0. The number of halogens is 2. The Morgan fingerprint density at radius 1 is 0.906 bits per heavy atom. The van der Waals surface area contributed by atoms with E-state index in [1.807, 2.05) is 12.1 Å². The minimum atomic E-state index is -0.929. The van der Waals surface area contributed by atoms with Crippen LogP contribution in [-0.4, -0.2) is 30.7 Å². The molecule has 0 spiro atoms. The van der Waals surface area contributed by atoms with Gasteiger partial charge >= 0.3 is 0 Å². The molecule has 156 valence electrons. The lowest BCUT2D eigenvalue weighted by molar-refractivity contribution is 0.102. The molecule has 5 aromatic rings. The Balaban J connectivity index is 1.47. The maximum atomic E-state index is 13.9. The van der Waals surface area contributed by atoms with Crippen molar-refractivity contribution in [3.05, 3.63) is 96.3 Å². The van der Waals surface area contributed by atoms with Gasteiger partial charge in [0.15, 0.2) is 11.5 Å². The van der Waals surface area contributed by atoms with Crippen molar-refractivity contribution < 1.29 is 13.6 Å². The van der Waals surface area contributed by atoms with Crippen molar-refractivity contribution in [2.75, 3.05) is 5.32 Å².